The van der Waals surface area contributed by atoms with Crippen molar-refractivity contribution in [2.75, 3.05) is 6.61 Å². The van der Waals surface area contributed by atoms with Crippen LogP contribution in [0.25, 0.3) is 0 Å². The van der Waals surface area contributed by atoms with Crippen LogP contribution in [0.4, 0.5) is 4.79 Å². The normalized spacial score (nSPS) is 41.9. The summed E-state index contributed by atoms with van der Waals surface area (Å²) in [4.78, 5) is 23.0. The highest BCUT2D eigenvalue weighted by Gasteiger charge is 2.52. The molecule has 5 atom stereocenters. The van der Waals surface area contributed by atoms with Gasteiger partial charge in [0, 0.05) is 0 Å². The Bertz CT molecular complexity index is 380. The van der Waals surface area contributed by atoms with E-state index in [1.165, 1.54) is 6.42 Å². The van der Waals surface area contributed by atoms with Crippen molar-refractivity contribution in [1.82, 2.24) is 5.32 Å². The number of ether oxygens (including phenoxy) is 1. The van der Waals surface area contributed by atoms with Crippen LogP contribution in [0.1, 0.15) is 32.6 Å². The number of rotatable bonds is 5. The maximum Gasteiger partial charge on any atom is 0.405 e. The lowest BCUT2D eigenvalue weighted by molar-refractivity contribution is -0.126. The van der Waals surface area contributed by atoms with Crippen LogP contribution in [-0.2, 0) is 9.53 Å². The van der Waals surface area contributed by atoms with Crippen LogP contribution in [0.2, 0.25) is 0 Å². The Labute approximate surface area is 106 Å². The molecule has 1 amide bonds. The van der Waals surface area contributed by atoms with Crippen molar-refractivity contribution in [3.8, 4) is 0 Å². The number of epoxide rings is 1. The van der Waals surface area contributed by atoms with Crippen LogP contribution in [-0.4, -0.2) is 35.2 Å². The molecule has 1 saturated heterocycles. The van der Waals surface area contributed by atoms with Gasteiger partial charge in [0.1, 0.15) is 5.60 Å². The molecular formula is C13H19NO4. The number of fused-ring (bicyclic) bond motifs is 1. The van der Waals surface area contributed by atoms with Gasteiger partial charge in [-0.1, -0.05) is 0 Å². The van der Waals surface area contributed by atoms with Crippen molar-refractivity contribution in [3.05, 3.63) is 0 Å². The average Bonchev–Trinajstić information content (AvgIpc) is 3.18. The Hall–Kier alpha value is -1.10. The zero-order valence-electron chi connectivity index (χ0n) is 10.5. The summed E-state index contributed by atoms with van der Waals surface area (Å²) in [5, 5.41) is 11.2. The number of nitrogens with one attached hydrogen (secondary N) is 1. The van der Waals surface area contributed by atoms with Gasteiger partial charge in [0.05, 0.1) is 12.6 Å². The minimum Gasteiger partial charge on any atom is -0.465 e. The molecule has 0 bridgehead atoms. The Balaban J connectivity index is 1.61. The lowest BCUT2D eigenvalue weighted by atomic mass is 9.89. The van der Waals surface area contributed by atoms with Gasteiger partial charge in [-0.05, 0) is 50.4 Å². The number of carboxylic acid groups (broad SMARTS) is 1. The predicted octanol–water partition coefficient (Wildman–Crippen LogP) is 1.42. The second-order valence-corrected chi connectivity index (χ2v) is 6.21. The number of hydrogen-bond acceptors (Lipinski definition) is 3. The molecule has 0 radical (unpaired) electrons. The summed E-state index contributed by atoms with van der Waals surface area (Å²) < 4.78 is 5.13. The number of amides is 1. The molecule has 100 valence electrons. The highest BCUT2D eigenvalue weighted by Crippen LogP contribution is 2.55. The molecule has 3 rings (SSSR count). The third-order valence-electron chi connectivity index (χ3n) is 4.62. The van der Waals surface area contributed by atoms with E-state index in [1.807, 2.05) is 0 Å². The summed E-state index contributed by atoms with van der Waals surface area (Å²) in [5.74, 6) is 2.09. The molecule has 0 aromatic heterocycles. The standard InChI is InChI=1S/C13H19NO4/c1-13(6-18-13)11(15)10(14-12(16)17)4-7-2-8-5-9(8)3-7/h7-10,14H,2-6H2,1H3,(H,16,17)/t7-,8+,9-,10-,13-/m1/s1. The Morgan fingerprint density at radius 1 is 1.39 bits per heavy atom. The summed E-state index contributed by atoms with van der Waals surface area (Å²) in [6, 6.07) is -0.600. The molecule has 0 aromatic rings. The van der Waals surface area contributed by atoms with Gasteiger partial charge in [-0.2, -0.15) is 0 Å². The molecule has 18 heavy (non-hydrogen) atoms. The van der Waals surface area contributed by atoms with Gasteiger partial charge in [-0.3, -0.25) is 4.79 Å². The van der Waals surface area contributed by atoms with Crippen molar-refractivity contribution in [1.29, 1.82) is 0 Å². The third kappa shape index (κ3) is 2.23. The fourth-order valence-electron chi connectivity index (χ4n) is 3.37. The van der Waals surface area contributed by atoms with E-state index >= 15 is 0 Å². The summed E-state index contributed by atoms with van der Waals surface area (Å²) in [5.41, 5.74) is -0.741. The molecular weight excluding hydrogens is 234 g/mol. The lowest BCUT2D eigenvalue weighted by Gasteiger charge is -2.21. The Morgan fingerprint density at radius 3 is 2.50 bits per heavy atom. The van der Waals surface area contributed by atoms with Gasteiger partial charge >= 0.3 is 6.09 Å². The van der Waals surface area contributed by atoms with E-state index in [4.69, 9.17) is 9.84 Å². The van der Waals surface area contributed by atoms with Crippen LogP contribution >= 0.6 is 0 Å². The molecule has 3 fully saturated rings. The van der Waals surface area contributed by atoms with Crippen LogP contribution < -0.4 is 5.32 Å². The molecule has 0 aromatic carbocycles. The molecule has 2 aliphatic carbocycles. The van der Waals surface area contributed by atoms with E-state index in [1.54, 1.807) is 6.92 Å². The van der Waals surface area contributed by atoms with E-state index in [0.717, 1.165) is 24.7 Å². The van der Waals surface area contributed by atoms with Crippen molar-refractivity contribution >= 4 is 11.9 Å². The van der Waals surface area contributed by atoms with Gasteiger partial charge in [0.2, 0.25) is 0 Å². The van der Waals surface area contributed by atoms with Crippen molar-refractivity contribution < 1.29 is 19.4 Å². The first kappa shape index (κ1) is 12.0. The minimum absolute atomic E-state index is 0.106. The van der Waals surface area contributed by atoms with Gasteiger partial charge in [-0.15, -0.1) is 0 Å². The highest BCUT2D eigenvalue weighted by atomic mass is 16.6. The smallest absolute Gasteiger partial charge is 0.405 e. The number of carbonyl (C=O) groups excluding carboxylic acids is 1. The van der Waals surface area contributed by atoms with Crippen molar-refractivity contribution in [2.24, 2.45) is 17.8 Å². The Kier molecular flexibility index (Phi) is 2.62. The summed E-state index contributed by atoms with van der Waals surface area (Å²) in [6.07, 6.45) is 3.17. The average molecular weight is 253 g/mol. The monoisotopic (exact) mass is 253 g/mol. The molecule has 0 spiro atoms. The summed E-state index contributed by atoms with van der Waals surface area (Å²) >= 11 is 0. The van der Waals surface area contributed by atoms with E-state index in [0.29, 0.717) is 18.9 Å². The zero-order chi connectivity index (χ0) is 12.9. The zero-order valence-corrected chi connectivity index (χ0v) is 10.5. The number of hydrogen-bond donors (Lipinski definition) is 2. The van der Waals surface area contributed by atoms with Crippen molar-refractivity contribution in [3.63, 3.8) is 0 Å². The maximum atomic E-state index is 12.2. The fraction of sp³-hybridized carbons (Fsp3) is 0.846. The quantitative estimate of drug-likeness (QED) is 0.726. The van der Waals surface area contributed by atoms with Crippen LogP contribution in [0.15, 0.2) is 0 Å². The van der Waals surface area contributed by atoms with Crippen molar-refractivity contribution in [2.45, 2.75) is 44.2 Å². The predicted molar refractivity (Wildman–Crippen MR) is 63.3 cm³/mol. The molecule has 5 heteroatoms. The maximum absolute atomic E-state index is 12.2. The topological polar surface area (TPSA) is 78.9 Å². The lowest BCUT2D eigenvalue weighted by Crippen LogP contribution is -2.46. The summed E-state index contributed by atoms with van der Waals surface area (Å²) in [6.45, 7) is 2.15. The van der Waals surface area contributed by atoms with Gasteiger partial charge in [0.25, 0.3) is 0 Å². The number of carbonyl (C=O) groups is 2. The largest absolute Gasteiger partial charge is 0.465 e. The molecule has 2 saturated carbocycles. The molecule has 3 aliphatic rings. The minimum atomic E-state index is -1.12. The molecule has 0 unspecified atom stereocenters. The summed E-state index contributed by atoms with van der Waals surface area (Å²) in [7, 11) is 0. The van der Waals surface area contributed by atoms with Gasteiger partial charge in [-0.25, -0.2) is 4.79 Å². The first-order chi connectivity index (χ1) is 8.48. The molecule has 1 aliphatic heterocycles. The highest BCUT2D eigenvalue weighted by molar-refractivity contribution is 5.95. The SMILES string of the molecule is C[C@]1(C(=O)[C@@H](C[C@H]2C[C@@H]3C[C@@H]3C2)NC(=O)O)CO1. The third-order valence-corrected chi connectivity index (χ3v) is 4.62. The molecule has 1 heterocycles. The first-order valence-corrected chi connectivity index (χ1v) is 6.65. The molecule has 2 N–H and O–H groups in total. The second kappa shape index (κ2) is 3.95. The molecule has 5 nitrogen and oxygen atoms in total. The van der Waals surface area contributed by atoms with E-state index < -0.39 is 17.7 Å². The van der Waals surface area contributed by atoms with Gasteiger partial charge < -0.3 is 15.2 Å². The van der Waals surface area contributed by atoms with Crippen LogP contribution in [0, 0.1) is 17.8 Å². The fourth-order valence-corrected chi connectivity index (χ4v) is 3.37. The van der Waals surface area contributed by atoms with E-state index in [2.05, 4.69) is 5.32 Å². The number of Topliss-reactive ketones (excluding diaryl/α,β-unsaturated/α-hetero) is 1. The first-order valence-electron chi connectivity index (χ1n) is 6.65. The Morgan fingerprint density at radius 2 is 2.00 bits per heavy atom. The van der Waals surface area contributed by atoms with E-state index in [-0.39, 0.29) is 5.78 Å². The second-order valence-electron chi connectivity index (χ2n) is 6.21. The van der Waals surface area contributed by atoms with Crippen LogP contribution in [0.3, 0.4) is 0 Å². The van der Waals surface area contributed by atoms with Gasteiger partial charge in [0.15, 0.2) is 5.78 Å². The van der Waals surface area contributed by atoms with Crippen LogP contribution in [0.5, 0.6) is 0 Å². The number of ketones is 1. The van der Waals surface area contributed by atoms with E-state index in [9.17, 15) is 9.59 Å².